The highest BCUT2D eigenvalue weighted by Gasteiger charge is 2.31. The second-order valence-corrected chi connectivity index (χ2v) is 4.23. The van der Waals surface area contributed by atoms with E-state index in [-0.39, 0.29) is 0 Å². The lowest BCUT2D eigenvalue weighted by atomic mass is 10.0. The summed E-state index contributed by atoms with van der Waals surface area (Å²) in [5.74, 6) is -2.35. The molecule has 0 aliphatic heterocycles. The van der Waals surface area contributed by atoms with Gasteiger partial charge in [0.2, 0.25) is 0 Å². The van der Waals surface area contributed by atoms with E-state index in [1.54, 1.807) is 0 Å². The smallest absolute Gasteiger partial charge is 0.319 e. The number of nitrogen functional groups attached to an aromatic ring is 1. The molecule has 2 rings (SSSR count). The van der Waals surface area contributed by atoms with E-state index in [1.807, 2.05) is 0 Å². The van der Waals surface area contributed by atoms with E-state index in [2.05, 4.69) is 0 Å². The van der Waals surface area contributed by atoms with Crippen LogP contribution in [0.4, 0.5) is 36.4 Å². The Hall–Kier alpha value is -2.29. The predicted molar refractivity (Wildman–Crippen MR) is 64.5 cm³/mol. The number of benzene rings is 2. The standard InChI is InChI=1S/C13H7F7N2/c14-8-7(9(15)11(17)12(22-21)10(8)16)5-1-3-6(4-2-5)13(18,19)20/h1-4,22H,21H2. The fourth-order valence-corrected chi connectivity index (χ4v) is 1.84. The maximum atomic E-state index is 13.8. The molecule has 0 radical (unpaired) electrons. The molecule has 0 fully saturated rings. The van der Waals surface area contributed by atoms with Gasteiger partial charge in [-0.3, -0.25) is 5.84 Å². The van der Waals surface area contributed by atoms with Crippen LogP contribution in [-0.2, 0) is 6.18 Å². The van der Waals surface area contributed by atoms with Crippen LogP contribution < -0.4 is 11.3 Å². The fourth-order valence-electron chi connectivity index (χ4n) is 1.84. The van der Waals surface area contributed by atoms with Crippen molar-refractivity contribution in [2.24, 2.45) is 5.84 Å². The highest BCUT2D eigenvalue weighted by molar-refractivity contribution is 5.69. The highest BCUT2D eigenvalue weighted by Crippen LogP contribution is 2.36. The first-order valence-electron chi connectivity index (χ1n) is 5.68. The zero-order valence-electron chi connectivity index (χ0n) is 10.5. The lowest BCUT2D eigenvalue weighted by molar-refractivity contribution is -0.137. The lowest BCUT2D eigenvalue weighted by Gasteiger charge is -2.12. The van der Waals surface area contributed by atoms with E-state index < -0.39 is 51.8 Å². The Balaban J connectivity index is 2.63. The van der Waals surface area contributed by atoms with Crippen LogP contribution in [0.5, 0.6) is 0 Å². The number of anilines is 1. The number of nitrogens with two attached hydrogens (primary N) is 1. The summed E-state index contributed by atoms with van der Waals surface area (Å²) in [5, 5.41) is 0. The van der Waals surface area contributed by atoms with Gasteiger partial charge in [0.25, 0.3) is 0 Å². The molecule has 2 aromatic carbocycles. The molecule has 0 spiro atoms. The molecule has 0 amide bonds. The van der Waals surface area contributed by atoms with E-state index in [1.165, 1.54) is 5.43 Å². The molecule has 0 bridgehead atoms. The van der Waals surface area contributed by atoms with Gasteiger partial charge in [-0.1, -0.05) is 12.1 Å². The first-order valence-corrected chi connectivity index (χ1v) is 5.68. The van der Waals surface area contributed by atoms with Crippen molar-refractivity contribution >= 4 is 5.69 Å². The quantitative estimate of drug-likeness (QED) is 0.376. The van der Waals surface area contributed by atoms with Gasteiger partial charge in [-0.15, -0.1) is 0 Å². The largest absolute Gasteiger partial charge is 0.416 e. The summed E-state index contributed by atoms with van der Waals surface area (Å²) in [4.78, 5) is 0. The van der Waals surface area contributed by atoms with Crippen LogP contribution in [0.2, 0.25) is 0 Å². The van der Waals surface area contributed by atoms with Gasteiger partial charge in [0, 0.05) is 0 Å². The minimum atomic E-state index is -4.65. The van der Waals surface area contributed by atoms with E-state index >= 15 is 0 Å². The Morgan fingerprint density at radius 1 is 0.773 bits per heavy atom. The summed E-state index contributed by atoms with van der Waals surface area (Å²) in [6.45, 7) is 0. The number of nitrogens with one attached hydrogen (secondary N) is 1. The average molecular weight is 324 g/mol. The summed E-state index contributed by atoms with van der Waals surface area (Å²) < 4.78 is 92.0. The first-order chi connectivity index (χ1) is 10.2. The van der Waals surface area contributed by atoms with Crippen molar-refractivity contribution in [3.63, 3.8) is 0 Å². The Kier molecular flexibility index (Phi) is 4.01. The van der Waals surface area contributed by atoms with Crippen molar-refractivity contribution in [1.82, 2.24) is 0 Å². The third-order valence-electron chi connectivity index (χ3n) is 2.91. The molecule has 0 aromatic heterocycles. The summed E-state index contributed by atoms with van der Waals surface area (Å²) in [5.41, 5.74) is -2.39. The molecular formula is C13H7F7N2. The van der Waals surface area contributed by atoms with Gasteiger partial charge in [-0.2, -0.15) is 13.2 Å². The van der Waals surface area contributed by atoms with Crippen LogP contribution in [0.1, 0.15) is 5.56 Å². The summed E-state index contributed by atoms with van der Waals surface area (Å²) >= 11 is 0. The molecule has 2 nitrogen and oxygen atoms in total. The molecule has 9 heteroatoms. The maximum Gasteiger partial charge on any atom is 0.416 e. The number of halogens is 7. The molecule has 0 atom stereocenters. The Labute approximate surface area is 119 Å². The van der Waals surface area contributed by atoms with Crippen molar-refractivity contribution < 1.29 is 30.7 Å². The topological polar surface area (TPSA) is 38.0 Å². The zero-order valence-corrected chi connectivity index (χ0v) is 10.5. The Morgan fingerprint density at radius 2 is 1.23 bits per heavy atom. The maximum absolute atomic E-state index is 13.8. The zero-order chi connectivity index (χ0) is 16.7. The summed E-state index contributed by atoms with van der Waals surface area (Å²) in [7, 11) is 0. The number of alkyl halides is 3. The van der Waals surface area contributed by atoms with Gasteiger partial charge in [-0.25, -0.2) is 17.6 Å². The minimum Gasteiger partial charge on any atom is -0.319 e. The number of hydrazine groups is 1. The van der Waals surface area contributed by atoms with Crippen molar-refractivity contribution in [3.05, 3.63) is 53.1 Å². The summed E-state index contributed by atoms with van der Waals surface area (Å²) in [6, 6.07) is 2.50. The van der Waals surface area contributed by atoms with Crippen LogP contribution in [0.25, 0.3) is 11.1 Å². The number of rotatable bonds is 2. The van der Waals surface area contributed by atoms with Crippen LogP contribution in [0.15, 0.2) is 24.3 Å². The minimum absolute atomic E-state index is 0.454. The van der Waals surface area contributed by atoms with Gasteiger partial charge in [0.15, 0.2) is 23.3 Å². The van der Waals surface area contributed by atoms with Crippen molar-refractivity contribution in [1.29, 1.82) is 0 Å². The van der Waals surface area contributed by atoms with E-state index in [9.17, 15) is 30.7 Å². The molecule has 0 unspecified atom stereocenters. The molecule has 22 heavy (non-hydrogen) atoms. The van der Waals surface area contributed by atoms with E-state index in [0.29, 0.717) is 24.3 Å². The predicted octanol–water partition coefficient (Wildman–Crippen LogP) is 4.21. The van der Waals surface area contributed by atoms with Crippen LogP contribution in [0.3, 0.4) is 0 Å². The molecule has 118 valence electrons. The van der Waals surface area contributed by atoms with E-state index in [4.69, 9.17) is 5.84 Å². The number of hydrogen-bond acceptors (Lipinski definition) is 2. The van der Waals surface area contributed by atoms with Crippen LogP contribution in [-0.4, -0.2) is 0 Å². The molecular weight excluding hydrogens is 317 g/mol. The van der Waals surface area contributed by atoms with E-state index in [0.717, 1.165) is 0 Å². The highest BCUT2D eigenvalue weighted by atomic mass is 19.4. The third kappa shape index (κ3) is 2.59. The van der Waals surface area contributed by atoms with Crippen molar-refractivity contribution in [2.75, 3.05) is 5.43 Å². The Bertz CT molecular complexity index is 679. The van der Waals surface area contributed by atoms with Gasteiger partial charge in [0.1, 0.15) is 5.69 Å². The monoisotopic (exact) mass is 324 g/mol. The number of hydrogen-bond donors (Lipinski definition) is 2. The van der Waals surface area contributed by atoms with Gasteiger partial charge in [-0.05, 0) is 17.7 Å². The normalized spacial score (nSPS) is 11.6. The van der Waals surface area contributed by atoms with Gasteiger partial charge >= 0.3 is 6.18 Å². The van der Waals surface area contributed by atoms with Crippen LogP contribution >= 0.6 is 0 Å². The molecule has 0 aliphatic rings. The second-order valence-electron chi connectivity index (χ2n) is 4.23. The second kappa shape index (κ2) is 5.48. The lowest BCUT2D eigenvalue weighted by Crippen LogP contribution is -2.14. The first kappa shape index (κ1) is 16.1. The molecule has 0 aliphatic carbocycles. The summed E-state index contributed by atoms with van der Waals surface area (Å²) in [6.07, 6.45) is -4.65. The molecule has 0 saturated heterocycles. The van der Waals surface area contributed by atoms with Gasteiger partial charge in [0.05, 0.1) is 11.1 Å². The van der Waals surface area contributed by atoms with Gasteiger partial charge < -0.3 is 5.43 Å². The van der Waals surface area contributed by atoms with Crippen LogP contribution in [0, 0.1) is 23.3 Å². The van der Waals surface area contributed by atoms with Crippen molar-refractivity contribution in [2.45, 2.75) is 6.18 Å². The fraction of sp³-hybridized carbons (Fsp3) is 0.0769. The molecule has 0 heterocycles. The Morgan fingerprint density at radius 3 is 1.59 bits per heavy atom. The SMILES string of the molecule is NNc1c(F)c(F)c(-c2ccc(C(F)(F)F)cc2)c(F)c1F. The third-order valence-corrected chi connectivity index (χ3v) is 2.91. The molecule has 2 aromatic rings. The molecule has 3 N–H and O–H groups in total. The van der Waals surface area contributed by atoms with Crippen molar-refractivity contribution in [3.8, 4) is 11.1 Å². The average Bonchev–Trinajstić information content (AvgIpc) is 2.46. The molecule has 0 saturated carbocycles.